The molecule has 5 nitrogen and oxygen atoms in total. The Balaban J connectivity index is 2.22. The molecule has 0 radical (unpaired) electrons. The third-order valence-corrected chi connectivity index (χ3v) is 4.29. The van der Waals surface area contributed by atoms with Crippen LogP contribution in [-0.2, 0) is 17.0 Å². The maximum atomic E-state index is 15.5. The number of benzene rings is 1. The molecular formula is C17H17Cl2FN2O3. The molecule has 0 unspecified atom stereocenters. The third kappa shape index (κ3) is 4.60. The number of pyridine rings is 1. The number of carbonyl (C=O) groups is 1. The molecular weight excluding hydrogens is 370 g/mol. The normalized spacial score (nSPS) is 13.3. The minimum Gasteiger partial charge on any atom is -0.493 e. The van der Waals surface area contributed by atoms with Crippen molar-refractivity contribution in [3.63, 3.8) is 0 Å². The molecule has 0 aliphatic heterocycles. The van der Waals surface area contributed by atoms with E-state index in [4.69, 9.17) is 28.3 Å². The van der Waals surface area contributed by atoms with Crippen LogP contribution in [0.2, 0.25) is 10.0 Å². The standard InChI is InChI=1S/C17H17Cl2FN2O3/c18-12-5-4-11(14(19)9-12)10-22-16(25)17(20,6-2-8-23)13-3-1-7-21-15(13)24/h1,3-5,7,9,23H,2,6,8,10H2,(H,21,24)(H,22,25)/t17-/m1/s1. The van der Waals surface area contributed by atoms with Crippen molar-refractivity contribution in [2.24, 2.45) is 0 Å². The van der Waals surface area contributed by atoms with E-state index in [2.05, 4.69) is 10.3 Å². The predicted molar refractivity (Wildman–Crippen MR) is 93.3 cm³/mol. The maximum absolute atomic E-state index is 15.5. The van der Waals surface area contributed by atoms with Gasteiger partial charge in [0.2, 0.25) is 11.5 Å². The molecule has 0 bridgehead atoms. The average Bonchev–Trinajstić information content (AvgIpc) is 2.59. The van der Waals surface area contributed by atoms with E-state index in [1.165, 1.54) is 24.4 Å². The van der Waals surface area contributed by atoms with E-state index < -0.39 is 17.5 Å². The van der Waals surface area contributed by atoms with Gasteiger partial charge in [-0.3, -0.25) is 4.79 Å². The smallest absolute Gasteiger partial charge is 0.262 e. The molecule has 134 valence electrons. The summed E-state index contributed by atoms with van der Waals surface area (Å²) in [4.78, 5) is 16.1. The highest BCUT2D eigenvalue weighted by molar-refractivity contribution is 6.35. The Labute approximate surface area is 154 Å². The third-order valence-electron chi connectivity index (χ3n) is 3.71. The summed E-state index contributed by atoms with van der Waals surface area (Å²) in [6.45, 7) is -0.302. The topological polar surface area (TPSA) is 82.5 Å². The van der Waals surface area contributed by atoms with Gasteiger partial charge in [0.1, 0.15) is 0 Å². The van der Waals surface area contributed by atoms with Crippen LogP contribution >= 0.6 is 23.2 Å². The number of aromatic hydroxyl groups is 1. The van der Waals surface area contributed by atoms with Crippen molar-refractivity contribution in [1.29, 1.82) is 0 Å². The Bertz CT molecular complexity index is 760. The van der Waals surface area contributed by atoms with Gasteiger partial charge in [-0.2, -0.15) is 0 Å². The SMILES string of the molecule is O=C(NCc1ccc(Cl)cc1Cl)[C@@](F)(CCCO)c1cccnc1O. The number of hydrogen-bond acceptors (Lipinski definition) is 4. The monoisotopic (exact) mass is 386 g/mol. The first kappa shape index (κ1) is 19.4. The highest BCUT2D eigenvalue weighted by Gasteiger charge is 2.42. The molecule has 3 N–H and O–H groups in total. The largest absolute Gasteiger partial charge is 0.493 e. The summed E-state index contributed by atoms with van der Waals surface area (Å²) in [5, 5.41) is 22.1. The summed E-state index contributed by atoms with van der Waals surface area (Å²) < 4.78 is 15.5. The van der Waals surface area contributed by atoms with Crippen LogP contribution in [0.3, 0.4) is 0 Å². The van der Waals surface area contributed by atoms with E-state index in [0.717, 1.165) is 0 Å². The maximum Gasteiger partial charge on any atom is 0.262 e. The number of aromatic nitrogens is 1. The highest BCUT2D eigenvalue weighted by Crippen LogP contribution is 2.36. The minimum atomic E-state index is -2.53. The van der Waals surface area contributed by atoms with E-state index >= 15 is 4.39 Å². The molecule has 1 aromatic carbocycles. The van der Waals surface area contributed by atoms with Crippen molar-refractivity contribution < 1.29 is 19.4 Å². The fourth-order valence-corrected chi connectivity index (χ4v) is 2.86. The second kappa shape index (κ2) is 8.47. The van der Waals surface area contributed by atoms with Crippen molar-refractivity contribution in [2.45, 2.75) is 25.1 Å². The van der Waals surface area contributed by atoms with Gasteiger partial charge in [0.05, 0.1) is 5.56 Å². The first-order valence-electron chi connectivity index (χ1n) is 7.55. The summed E-state index contributed by atoms with van der Waals surface area (Å²) in [7, 11) is 0. The number of nitrogens with one attached hydrogen (secondary N) is 1. The lowest BCUT2D eigenvalue weighted by Gasteiger charge is -2.25. The average molecular weight is 387 g/mol. The van der Waals surface area contributed by atoms with E-state index in [1.807, 2.05) is 0 Å². The molecule has 2 rings (SSSR count). The summed E-state index contributed by atoms with van der Waals surface area (Å²) in [6.07, 6.45) is 1.03. The van der Waals surface area contributed by atoms with Crippen LogP contribution in [0.25, 0.3) is 0 Å². The van der Waals surface area contributed by atoms with Crippen LogP contribution in [0.4, 0.5) is 4.39 Å². The Hall–Kier alpha value is -1.89. The van der Waals surface area contributed by atoms with E-state index in [9.17, 15) is 9.90 Å². The summed E-state index contributed by atoms with van der Waals surface area (Å²) in [6, 6.07) is 7.46. The molecule has 0 aliphatic carbocycles. The van der Waals surface area contributed by atoms with Crippen molar-refractivity contribution in [3.8, 4) is 5.88 Å². The number of halogens is 3. The number of amides is 1. The van der Waals surface area contributed by atoms with Crippen molar-refractivity contribution in [2.75, 3.05) is 6.61 Å². The van der Waals surface area contributed by atoms with Crippen LogP contribution in [0, 0.1) is 0 Å². The molecule has 25 heavy (non-hydrogen) atoms. The van der Waals surface area contributed by atoms with Crippen molar-refractivity contribution >= 4 is 29.1 Å². The molecule has 1 heterocycles. The molecule has 1 amide bonds. The first-order valence-corrected chi connectivity index (χ1v) is 8.30. The molecule has 0 spiro atoms. The molecule has 1 atom stereocenters. The minimum absolute atomic E-state index is 0.0132. The lowest BCUT2D eigenvalue weighted by Crippen LogP contribution is -2.41. The molecule has 0 aliphatic rings. The number of rotatable bonds is 7. The van der Waals surface area contributed by atoms with E-state index in [1.54, 1.807) is 12.1 Å². The lowest BCUT2D eigenvalue weighted by molar-refractivity contribution is -0.134. The first-order chi connectivity index (χ1) is 11.9. The zero-order valence-electron chi connectivity index (χ0n) is 13.2. The Morgan fingerprint density at radius 3 is 2.72 bits per heavy atom. The predicted octanol–water partition coefficient (Wildman–Crippen LogP) is 3.35. The number of alkyl halides is 1. The quantitative estimate of drug-likeness (QED) is 0.681. The van der Waals surface area contributed by atoms with E-state index in [0.29, 0.717) is 15.6 Å². The lowest BCUT2D eigenvalue weighted by atomic mass is 9.90. The number of aliphatic hydroxyl groups is 1. The van der Waals surface area contributed by atoms with Gasteiger partial charge in [0.15, 0.2) is 0 Å². The van der Waals surface area contributed by atoms with Crippen LogP contribution in [-0.4, -0.2) is 27.7 Å². The van der Waals surface area contributed by atoms with Crippen molar-refractivity contribution in [1.82, 2.24) is 10.3 Å². The molecule has 1 aromatic heterocycles. The van der Waals surface area contributed by atoms with Crippen LogP contribution < -0.4 is 5.32 Å². The zero-order valence-corrected chi connectivity index (χ0v) is 14.7. The highest BCUT2D eigenvalue weighted by atomic mass is 35.5. The number of aliphatic hydroxyl groups excluding tert-OH is 1. The molecule has 2 aromatic rings. The number of nitrogens with zero attached hydrogens (tertiary/aromatic N) is 1. The van der Waals surface area contributed by atoms with Gasteiger partial charge in [0.25, 0.3) is 5.91 Å². The van der Waals surface area contributed by atoms with Crippen LogP contribution in [0.1, 0.15) is 24.0 Å². The van der Waals surface area contributed by atoms with E-state index in [-0.39, 0.29) is 31.6 Å². The molecule has 0 saturated heterocycles. The fourth-order valence-electron chi connectivity index (χ4n) is 2.38. The number of hydrogen-bond donors (Lipinski definition) is 3. The Morgan fingerprint density at radius 1 is 1.32 bits per heavy atom. The second-order valence-corrected chi connectivity index (χ2v) is 6.26. The Morgan fingerprint density at radius 2 is 2.08 bits per heavy atom. The van der Waals surface area contributed by atoms with Gasteiger partial charge in [-0.05, 0) is 42.7 Å². The van der Waals surface area contributed by atoms with Gasteiger partial charge >= 0.3 is 0 Å². The van der Waals surface area contributed by atoms with Crippen LogP contribution in [0.5, 0.6) is 5.88 Å². The summed E-state index contributed by atoms with van der Waals surface area (Å²) >= 11 is 11.9. The van der Waals surface area contributed by atoms with Crippen LogP contribution in [0.15, 0.2) is 36.5 Å². The molecule has 0 saturated carbocycles. The van der Waals surface area contributed by atoms with Gasteiger partial charge < -0.3 is 15.5 Å². The summed E-state index contributed by atoms with van der Waals surface area (Å²) in [5.74, 6) is -1.52. The summed E-state index contributed by atoms with van der Waals surface area (Å²) in [5.41, 5.74) is -2.21. The van der Waals surface area contributed by atoms with Gasteiger partial charge in [0, 0.05) is 29.4 Å². The fraction of sp³-hybridized carbons (Fsp3) is 0.294. The number of carbonyl (C=O) groups excluding carboxylic acids is 1. The van der Waals surface area contributed by atoms with Crippen molar-refractivity contribution in [3.05, 3.63) is 57.7 Å². The van der Waals surface area contributed by atoms with Gasteiger partial charge in [-0.25, -0.2) is 9.37 Å². The second-order valence-electron chi connectivity index (χ2n) is 5.42. The molecule has 8 heteroatoms. The Kier molecular flexibility index (Phi) is 6.58. The van der Waals surface area contributed by atoms with Gasteiger partial charge in [-0.15, -0.1) is 0 Å². The molecule has 0 fully saturated rings. The zero-order chi connectivity index (χ0) is 18.4. The van der Waals surface area contributed by atoms with Gasteiger partial charge in [-0.1, -0.05) is 29.3 Å².